The van der Waals surface area contributed by atoms with Crippen molar-refractivity contribution < 1.29 is 14.3 Å². The van der Waals surface area contributed by atoms with E-state index in [-0.39, 0.29) is 17.6 Å². The topological polar surface area (TPSA) is 74.2 Å². The molecule has 0 saturated carbocycles. The smallest absolute Gasteiger partial charge is 0.264 e. The zero-order chi connectivity index (χ0) is 24.7. The van der Waals surface area contributed by atoms with Crippen LogP contribution in [0.1, 0.15) is 29.4 Å². The van der Waals surface area contributed by atoms with Crippen LogP contribution in [0.2, 0.25) is 0 Å². The molecule has 180 valence electrons. The van der Waals surface area contributed by atoms with Gasteiger partial charge in [0.25, 0.3) is 5.91 Å². The van der Waals surface area contributed by atoms with Crippen LogP contribution < -0.4 is 10.6 Å². The molecule has 2 fully saturated rings. The van der Waals surface area contributed by atoms with Crippen molar-refractivity contribution in [1.82, 2.24) is 4.90 Å². The molecule has 2 saturated heterocycles. The number of hydrogen-bond donors (Lipinski definition) is 2. The number of halogens is 1. The Morgan fingerprint density at radius 3 is 2.54 bits per heavy atom. The molecule has 0 aliphatic carbocycles. The molecule has 1 atom stereocenters. The van der Waals surface area contributed by atoms with E-state index in [0.29, 0.717) is 36.6 Å². The van der Waals surface area contributed by atoms with Crippen LogP contribution in [0, 0.1) is 12.4 Å². The van der Waals surface area contributed by atoms with Gasteiger partial charge in [-0.1, -0.05) is 24.3 Å². The molecule has 3 heterocycles. The van der Waals surface area contributed by atoms with Gasteiger partial charge in [0, 0.05) is 48.3 Å². The van der Waals surface area contributed by atoms with Gasteiger partial charge in [0.1, 0.15) is 5.82 Å². The number of hydrogen-bond acceptors (Lipinski definition) is 5. The summed E-state index contributed by atoms with van der Waals surface area (Å²) in [5.41, 5.74) is 8.73. The first-order valence-corrected chi connectivity index (χ1v) is 12.5. The molecule has 2 aromatic carbocycles. The lowest BCUT2D eigenvalue weighted by atomic mass is 9.95. The average Bonchev–Trinajstić information content (AvgIpc) is 3.27. The number of amides is 1. The second-order valence-corrected chi connectivity index (χ2v) is 10.7. The number of carbonyl (C=O) groups is 1. The van der Waals surface area contributed by atoms with Crippen LogP contribution in [0.15, 0.2) is 48.5 Å². The van der Waals surface area contributed by atoms with Crippen LogP contribution >= 0.6 is 11.3 Å². The largest absolute Gasteiger partial charge is 0.386 e. The van der Waals surface area contributed by atoms with E-state index in [1.807, 2.05) is 37.3 Å². The molecule has 0 unspecified atom stereocenters. The van der Waals surface area contributed by atoms with Crippen LogP contribution in [-0.2, 0) is 0 Å². The van der Waals surface area contributed by atoms with E-state index in [9.17, 15) is 14.3 Å². The zero-order valence-corrected chi connectivity index (χ0v) is 20.3. The number of thiophene rings is 1. The lowest BCUT2D eigenvalue weighted by Crippen LogP contribution is -2.60. The summed E-state index contributed by atoms with van der Waals surface area (Å²) >= 11 is 1.39. The molecule has 2 aliphatic heterocycles. The van der Waals surface area contributed by atoms with Crippen molar-refractivity contribution in [2.24, 2.45) is 5.73 Å². The molecule has 6 nitrogen and oxygen atoms in total. The van der Waals surface area contributed by atoms with Gasteiger partial charge in [-0.3, -0.25) is 4.79 Å². The Kier molecular flexibility index (Phi) is 6.09. The Morgan fingerprint density at radius 2 is 1.91 bits per heavy atom. The summed E-state index contributed by atoms with van der Waals surface area (Å²) < 4.78 is 14.5. The van der Waals surface area contributed by atoms with E-state index >= 15 is 0 Å². The maximum atomic E-state index is 14.5. The van der Waals surface area contributed by atoms with Crippen molar-refractivity contribution in [3.05, 3.63) is 70.6 Å². The maximum absolute atomic E-state index is 14.5. The van der Waals surface area contributed by atoms with Crippen LogP contribution in [0.4, 0.5) is 15.8 Å². The molecule has 2 aliphatic rings. The minimum absolute atomic E-state index is 0.0170. The number of nitrogens with zero attached hydrogens (tertiary/aromatic N) is 3. The molecule has 3 N–H and O–H groups in total. The number of benzene rings is 2. The van der Waals surface area contributed by atoms with Crippen LogP contribution in [-0.4, -0.2) is 53.7 Å². The van der Waals surface area contributed by atoms with Gasteiger partial charge < -0.3 is 20.6 Å². The number of β-amino-alcohol motifs (C(OH)–C–C–N with tert-alkyl or cyclic N) is 1. The normalized spacial score (nSPS) is 19.2. The first kappa shape index (κ1) is 23.5. The number of rotatable bonds is 4. The van der Waals surface area contributed by atoms with Gasteiger partial charge in [-0.05, 0) is 55.2 Å². The number of anilines is 1. The Balaban J connectivity index is 1.52. The SMILES string of the molecule is [C-]#[N+]c1ccc(-c2cc(C(=O)N3CCC[C@@H](N)C3)sc2-c2ccc(N3CC(C)(O)C3)cc2)cc1F. The number of aliphatic hydroxyl groups is 1. The summed E-state index contributed by atoms with van der Waals surface area (Å²) in [6, 6.07) is 14.4. The fraction of sp³-hybridized carbons (Fsp3) is 0.333. The quantitative estimate of drug-likeness (QED) is 0.510. The van der Waals surface area contributed by atoms with Crippen molar-refractivity contribution in [3.8, 4) is 21.6 Å². The molecule has 3 aromatic rings. The van der Waals surface area contributed by atoms with Gasteiger partial charge >= 0.3 is 0 Å². The van der Waals surface area contributed by atoms with Crippen LogP contribution in [0.5, 0.6) is 0 Å². The highest BCUT2D eigenvalue weighted by molar-refractivity contribution is 7.18. The Hall–Kier alpha value is -3.25. The first-order valence-electron chi connectivity index (χ1n) is 11.7. The molecule has 0 spiro atoms. The van der Waals surface area contributed by atoms with Crippen LogP contribution in [0.3, 0.4) is 0 Å². The minimum Gasteiger partial charge on any atom is -0.386 e. The van der Waals surface area contributed by atoms with E-state index in [0.717, 1.165) is 34.5 Å². The van der Waals surface area contributed by atoms with Crippen molar-refractivity contribution in [2.45, 2.75) is 31.4 Å². The molecule has 8 heteroatoms. The summed E-state index contributed by atoms with van der Waals surface area (Å²) in [6.45, 7) is 11.3. The highest BCUT2D eigenvalue weighted by atomic mass is 32.1. The average molecular weight is 491 g/mol. The number of likely N-dealkylation sites (tertiary alicyclic amines) is 1. The third-order valence-corrected chi connectivity index (χ3v) is 7.80. The molecular formula is C27H27FN4O2S. The van der Waals surface area contributed by atoms with Gasteiger partial charge in [0.15, 0.2) is 0 Å². The van der Waals surface area contributed by atoms with Gasteiger partial charge in [0.05, 0.1) is 17.1 Å². The van der Waals surface area contributed by atoms with Crippen LogP contribution in [0.25, 0.3) is 26.4 Å². The van der Waals surface area contributed by atoms with E-state index < -0.39 is 11.4 Å². The fourth-order valence-corrected chi connectivity index (χ4v) is 5.98. The second-order valence-electron chi connectivity index (χ2n) is 9.68. The Bertz CT molecular complexity index is 1300. The summed E-state index contributed by atoms with van der Waals surface area (Å²) in [4.78, 5) is 21.9. The van der Waals surface area contributed by atoms with Gasteiger partial charge in [-0.25, -0.2) is 9.24 Å². The fourth-order valence-electron chi connectivity index (χ4n) is 4.82. The van der Waals surface area contributed by atoms with E-state index in [1.165, 1.54) is 23.5 Å². The highest BCUT2D eigenvalue weighted by Crippen LogP contribution is 2.42. The molecule has 5 rings (SSSR count). The summed E-state index contributed by atoms with van der Waals surface area (Å²) in [6.07, 6.45) is 1.79. The van der Waals surface area contributed by atoms with Gasteiger partial charge in [-0.2, -0.15) is 0 Å². The standard InChI is InChI=1S/C27H27FN4O2S/c1-27(34)15-32(16-27)20-8-5-17(6-9-20)25-21(18-7-10-23(30-2)22(28)12-18)13-24(35-25)26(33)31-11-3-4-19(29)14-31/h5-10,12-13,19,34H,3-4,11,14-16,29H2,1H3/t19-/m1/s1. The predicted molar refractivity (Wildman–Crippen MR) is 137 cm³/mol. The Labute approximate surface area is 208 Å². The summed E-state index contributed by atoms with van der Waals surface area (Å²) in [7, 11) is 0. The van der Waals surface area contributed by atoms with E-state index in [4.69, 9.17) is 12.3 Å². The molecule has 1 amide bonds. The third-order valence-electron chi connectivity index (χ3n) is 6.62. The zero-order valence-electron chi connectivity index (χ0n) is 19.5. The maximum Gasteiger partial charge on any atom is 0.264 e. The molecule has 0 radical (unpaired) electrons. The molecule has 1 aromatic heterocycles. The van der Waals surface area contributed by atoms with Crippen molar-refractivity contribution in [2.75, 3.05) is 31.1 Å². The lowest BCUT2D eigenvalue weighted by molar-refractivity contribution is 0.0310. The molecule has 0 bridgehead atoms. The number of piperidine rings is 1. The third kappa shape index (κ3) is 4.67. The second kappa shape index (κ2) is 9.08. The van der Waals surface area contributed by atoms with Gasteiger partial charge in [-0.15, -0.1) is 11.3 Å². The molecular weight excluding hydrogens is 463 g/mol. The monoisotopic (exact) mass is 490 g/mol. The molecule has 35 heavy (non-hydrogen) atoms. The predicted octanol–water partition coefficient (Wildman–Crippen LogP) is 4.91. The summed E-state index contributed by atoms with van der Waals surface area (Å²) in [5.74, 6) is -0.639. The van der Waals surface area contributed by atoms with Gasteiger partial charge in [0.2, 0.25) is 5.69 Å². The number of carbonyl (C=O) groups excluding carboxylic acids is 1. The lowest BCUT2D eigenvalue weighted by Gasteiger charge is -2.45. The van der Waals surface area contributed by atoms with Crippen molar-refractivity contribution >= 4 is 28.6 Å². The van der Waals surface area contributed by atoms with E-state index in [2.05, 4.69) is 9.74 Å². The van der Waals surface area contributed by atoms with Crippen molar-refractivity contribution in [1.29, 1.82) is 0 Å². The van der Waals surface area contributed by atoms with Crippen molar-refractivity contribution in [3.63, 3.8) is 0 Å². The van der Waals surface area contributed by atoms with E-state index in [1.54, 1.807) is 11.0 Å². The Morgan fingerprint density at radius 1 is 1.20 bits per heavy atom. The summed E-state index contributed by atoms with van der Waals surface area (Å²) in [5, 5.41) is 10.0. The first-order chi connectivity index (χ1) is 16.7. The number of nitrogens with two attached hydrogens (primary N) is 1. The highest BCUT2D eigenvalue weighted by Gasteiger charge is 2.36. The minimum atomic E-state index is -0.659.